The summed E-state index contributed by atoms with van der Waals surface area (Å²) in [6, 6.07) is 0. The van der Waals surface area contributed by atoms with Gasteiger partial charge < -0.3 is 0 Å². The molecule has 0 fully saturated rings. The van der Waals surface area contributed by atoms with E-state index in [9.17, 15) is 10.1 Å². The van der Waals surface area contributed by atoms with Crippen molar-refractivity contribution in [3.8, 4) is 0 Å². The second kappa shape index (κ2) is 6.38. The Morgan fingerprint density at radius 3 is 2.50 bits per heavy atom. The lowest BCUT2D eigenvalue weighted by Crippen LogP contribution is -1.98. The highest BCUT2D eigenvalue weighted by molar-refractivity contribution is 6.29. The van der Waals surface area contributed by atoms with Gasteiger partial charge in [-0.25, -0.2) is 0 Å². The van der Waals surface area contributed by atoms with Gasteiger partial charge in [0.15, 0.2) is 0 Å². The van der Waals surface area contributed by atoms with Crippen LogP contribution in [0.4, 0.5) is 0 Å². The van der Waals surface area contributed by atoms with E-state index in [1.165, 1.54) is 6.08 Å². The van der Waals surface area contributed by atoms with E-state index < -0.39 is 4.92 Å². The molecule has 0 aromatic carbocycles. The molecule has 0 atom stereocenters. The molecule has 4 heteroatoms. The van der Waals surface area contributed by atoms with Crippen molar-refractivity contribution in [3.63, 3.8) is 0 Å². The molecule has 0 N–H and O–H groups in total. The van der Waals surface area contributed by atoms with Gasteiger partial charge in [0.1, 0.15) is 0 Å². The van der Waals surface area contributed by atoms with Crippen LogP contribution in [0.5, 0.6) is 0 Å². The summed E-state index contributed by atoms with van der Waals surface area (Å²) in [7, 11) is 0. The Morgan fingerprint density at radius 2 is 2.14 bits per heavy atom. The molecular weight excluding hydrogens is 202 g/mol. The van der Waals surface area contributed by atoms with E-state index in [1.54, 1.807) is 13.0 Å². The van der Waals surface area contributed by atoms with Crippen molar-refractivity contribution < 1.29 is 4.92 Å². The lowest BCUT2D eigenvalue weighted by molar-refractivity contribution is -0.420. The molecule has 3 nitrogen and oxygen atoms in total. The van der Waals surface area contributed by atoms with E-state index in [0.717, 1.165) is 12.8 Å². The first-order chi connectivity index (χ1) is 6.49. The third-order valence-corrected chi connectivity index (χ3v) is 1.86. The fourth-order valence-corrected chi connectivity index (χ4v) is 1.10. The Hall–Kier alpha value is -1.09. The summed E-state index contributed by atoms with van der Waals surface area (Å²) in [6.45, 7) is 7.10. The number of nitro groups is 1. The Bertz CT molecular complexity index is 276. The van der Waals surface area contributed by atoms with Crippen molar-refractivity contribution in [3.05, 3.63) is 45.1 Å². The van der Waals surface area contributed by atoms with Gasteiger partial charge in [0.25, 0.3) is 5.70 Å². The molecule has 0 bridgehead atoms. The number of hydrogen-bond donors (Lipinski definition) is 0. The van der Waals surface area contributed by atoms with Gasteiger partial charge in [-0.15, -0.1) is 0 Å². The number of allylic oxidation sites excluding steroid dienone is 4. The molecule has 0 saturated carbocycles. The molecule has 0 aliphatic rings. The number of rotatable bonds is 5. The van der Waals surface area contributed by atoms with Crippen LogP contribution >= 0.6 is 11.6 Å². The van der Waals surface area contributed by atoms with Crippen LogP contribution in [0.2, 0.25) is 0 Å². The van der Waals surface area contributed by atoms with Crippen LogP contribution < -0.4 is 0 Å². The van der Waals surface area contributed by atoms with E-state index in [0.29, 0.717) is 10.6 Å². The highest BCUT2D eigenvalue weighted by Gasteiger charge is 2.09. The lowest BCUT2D eigenvalue weighted by atomic mass is 10.2. The lowest BCUT2D eigenvalue weighted by Gasteiger charge is -1.95. The molecule has 14 heavy (non-hydrogen) atoms. The zero-order chi connectivity index (χ0) is 11.1. The summed E-state index contributed by atoms with van der Waals surface area (Å²) in [4.78, 5) is 10.1. The van der Waals surface area contributed by atoms with E-state index in [-0.39, 0.29) is 5.70 Å². The molecule has 0 unspecified atom stereocenters. The molecule has 0 heterocycles. The largest absolute Gasteiger partial charge is 0.271 e. The minimum atomic E-state index is -0.463. The Balaban J connectivity index is 4.68. The molecule has 78 valence electrons. The molecule has 0 aromatic heterocycles. The van der Waals surface area contributed by atoms with Crippen LogP contribution in [0.3, 0.4) is 0 Å². The summed E-state index contributed by atoms with van der Waals surface area (Å²) in [5.74, 6) is 0. The van der Waals surface area contributed by atoms with Crippen LogP contribution in [-0.4, -0.2) is 4.92 Å². The topological polar surface area (TPSA) is 43.1 Å². The quantitative estimate of drug-likeness (QED) is 0.399. The van der Waals surface area contributed by atoms with Crippen LogP contribution in [0.15, 0.2) is 35.0 Å². The predicted octanol–water partition coefficient (Wildman–Crippen LogP) is 3.65. The normalized spacial score (nSPS) is 12.8. The highest BCUT2D eigenvalue weighted by atomic mass is 35.5. The third-order valence-electron chi connectivity index (χ3n) is 1.54. The summed E-state index contributed by atoms with van der Waals surface area (Å²) >= 11 is 5.80. The zero-order valence-corrected chi connectivity index (χ0v) is 9.17. The molecular formula is C10H14ClNO2. The van der Waals surface area contributed by atoms with Crippen molar-refractivity contribution in [2.45, 2.75) is 26.7 Å². The van der Waals surface area contributed by atoms with Crippen molar-refractivity contribution in [1.82, 2.24) is 0 Å². The van der Waals surface area contributed by atoms with Gasteiger partial charge in [-0.1, -0.05) is 31.5 Å². The van der Waals surface area contributed by atoms with E-state index in [4.69, 9.17) is 11.6 Å². The first kappa shape index (κ1) is 12.9. The maximum Gasteiger partial charge on any atom is 0.271 e. The second-order valence-electron chi connectivity index (χ2n) is 2.95. The van der Waals surface area contributed by atoms with Crippen LogP contribution in [-0.2, 0) is 0 Å². The maximum absolute atomic E-state index is 10.5. The number of nitrogens with zero attached hydrogens (tertiary/aromatic N) is 1. The monoisotopic (exact) mass is 215 g/mol. The van der Waals surface area contributed by atoms with E-state index in [2.05, 4.69) is 6.58 Å². The second-order valence-corrected chi connectivity index (χ2v) is 3.44. The van der Waals surface area contributed by atoms with Crippen molar-refractivity contribution in [2.24, 2.45) is 0 Å². The van der Waals surface area contributed by atoms with Gasteiger partial charge in [0.05, 0.1) is 4.92 Å². The fraction of sp³-hybridized carbons (Fsp3) is 0.400. The molecule has 0 amide bonds. The SMILES string of the molecule is C=C(C)/C(=C\C=C(\Cl)CCC)[N+](=O)[O-]. The first-order valence-corrected chi connectivity index (χ1v) is 4.73. The van der Waals surface area contributed by atoms with Gasteiger partial charge in [0.2, 0.25) is 0 Å². The molecule has 0 aliphatic heterocycles. The average Bonchev–Trinajstić information content (AvgIpc) is 2.03. The molecule has 0 spiro atoms. The van der Waals surface area contributed by atoms with Crippen LogP contribution in [0.25, 0.3) is 0 Å². The molecule has 0 radical (unpaired) electrons. The minimum absolute atomic E-state index is 0.000692. The summed E-state index contributed by atoms with van der Waals surface area (Å²) in [5, 5.41) is 11.1. The standard InChI is InChI=1S/C10H14ClNO2/c1-4-5-9(11)6-7-10(8(2)3)12(13)14/h6-7H,2,4-5H2,1,3H3/b9-6+,10-7+. The predicted molar refractivity (Wildman–Crippen MR) is 58.7 cm³/mol. The Labute approximate surface area is 88.9 Å². The molecule has 0 aromatic rings. The van der Waals surface area contributed by atoms with Crippen LogP contribution in [0.1, 0.15) is 26.7 Å². The fourth-order valence-electron chi connectivity index (χ4n) is 0.850. The molecule has 0 aliphatic carbocycles. The van der Waals surface area contributed by atoms with Gasteiger partial charge in [-0.2, -0.15) is 0 Å². The maximum atomic E-state index is 10.5. The van der Waals surface area contributed by atoms with Crippen molar-refractivity contribution in [1.29, 1.82) is 0 Å². The van der Waals surface area contributed by atoms with Crippen molar-refractivity contribution in [2.75, 3.05) is 0 Å². The molecule has 0 saturated heterocycles. The molecule has 0 rings (SSSR count). The van der Waals surface area contributed by atoms with Gasteiger partial charge in [-0.3, -0.25) is 10.1 Å². The summed E-state index contributed by atoms with van der Waals surface area (Å²) in [5.41, 5.74) is 0.423. The van der Waals surface area contributed by atoms with E-state index in [1.807, 2.05) is 6.92 Å². The zero-order valence-electron chi connectivity index (χ0n) is 8.42. The average molecular weight is 216 g/mol. The minimum Gasteiger partial charge on any atom is -0.258 e. The number of halogens is 1. The highest BCUT2D eigenvalue weighted by Crippen LogP contribution is 2.13. The third kappa shape index (κ3) is 4.82. The van der Waals surface area contributed by atoms with Crippen molar-refractivity contribution >= 4 is 11.6 Å². The number of hydrogen-bond acceptors (Lipinski definition) is 2. The summed E-state index contributed by atoms with van der Waals surface area (Å²) < 4.78 is 0. The smallest absolute Gasteiger partial charge is 0.258 e. The van der Waals surface area contributed by atoms with Gasteiger partial charge >= 0.3 is 0 Å². The first-order valence-electron chi connectivity index (χ1n) is 4.35. The van der Waals surface area contributed by atoms with Crippen LogP contribution in [0, 0.1) is 10.1 Å². The Morgan fingerprint density at radius 1 is 1.57 bits per heavy atom. The Kier molecular flexibility index (Phi) is 5.88. The van der Waals surface area contributed by atoms with E-state index >= 15 is 0 Å². The summed E-state index contributed by atoms with van der Waals surface area (Å²) in [6.07, 6.45) is 4.60. The van der Waals surface area contributed by atoms with Gasteiger partial charge in [0, 0.05) is 16.7 Å². The van der Waals surface area contributed by atoms with Gasteiger partial charge in [-0.05, 0) is 19.4 Å².